The van der Waals surface area contributed by atoms with E-state index >= 15 is 0 Å². The molecule has 0 bridgehead atoms. The highest BCUT2D eigenvalue weighted by Gasteiger charge is 2.19. The van der Waals surface area contributed by atoms with Gasteiger partial charge in [0.2, 0.25) is 10.0 Å². The Morgan fingerprint density at radius 3 is 2.55 bits per heavy atom. The second-order valence-electron chi connectivity index (χ2n) is 4.88. The smallest absolute Gasteiger partial charge is 0.242 e. The molecule has 0 amide bonds. The van der Waals surface area contributed by atoms with Crippen LogP contribution in [0.2, 0.25) is 5.02 Å². The average Bonchev–Trinajstić information content (AvgIpc) is 2.42. The maximum Gasteiger partial charge on any atom is 0.242 e. The van der Waals surface area contributed by atoms with Gasteiger partial charge in [-0.2, -0.15) is 0 Å². The molecule has 0 aromatic heterocycles. The van der Waals surface area contributed by atoms with E-state index in [2.05, 4.69) is 14.9 Å². The number of nitrogens with one attached hydrogen (secondary N) is 2. The minimum absolute atomic E-state index is 0. The van der Waals surface area contributed by atoms with E-state index in [0.29, 0.717) is 18.1 Å². The van der Waals surface area contributed by atoms with Gasteiger partial charge in [-0.1, -0.05) is 23.7 Å². The molecule has 0 spiro atoms. The van der Waals surface area contributed by atoms with Crippen LogP contribution in [-0.2, 0) is 10.0 Å². The summed E-state index contributed by atoms with van der Waals surface area (Å²) in [6.07, 6.45) is 0. The van der Waals surface area contributed by atoms with Gasteiger partial charge in [0.25, 0.3) is 0 Å². The maximum atomic E-state index is 12.2. The molecule has 1 aromatic carbocycles. The molecule has 1 aliphatic rings. The normalized spacial score (nSPS) is 15.7. The lowest BCUT2D eigenvalue weighted by Crippen LogP contribution is -2.46. The van der Waals surface area contributed by atoms with Gasteiger partial charge in [0.1, 0.15) is 4.90 Å². The Labute approximate surface area is 149 Å². The first-order valence-electron chi connectivity index (χ1n) is 6.68. The minimum Gasteiger partial charge on any atom is -0.314 e. The third-order valence-electron chi connectivity index (χ3n) is 3.38. The van der Waals surface area contributed by atoms with Crippen LogP contribution >= 0.6 is 36.4 Å². The summed E-state index contributed by atoms with van der Waals surface area (Å²) in [5.74, 6) is 0. The average molecular weight is 391 g/mol. The zero-order valence-electron chi connectivity index (χ0n) is 12.3. The molecule has 9 heteroatoms. The summed E-state index contributed by atoms with van der Waals surface area (Å²) in [6, 6.07) is 5.02. The molecular formula is C13H22Cl3N3O2S. The summed E-state index contributed by atoms with van der Waals surface area (Å²) in [5.41, 5.74) is 0.761. The number of hydrogen-bond acceptors (Lipinski definition) is 4. The van der Waals surface area contributed by atoms with Crippen molar-refractivity contribution in [3.8, 4) is 0 Å². The first-order valence-corrected chi connectivity index (χ1v) is 8.55. The first-order chi connectivity index (χ1) is 9.50. The second kappa shape index (κ2) is 9.93. The Balaban J connectivity index is 0.00000220. The second-order valence-corrected chi connectivity index (χ2v) is 6.99. The molecule has 0 unspecified atom stereocenters. The Morgan fingerprint density at radius 2 is 1.91 bits per heavy atom. The zero-order chi connectivity index (χ0) is 14.6. The molecule has 0 aliphatic carbocycles. The molecule has 1 heterocycles. The van der Waals surface area contributed by atoms with Gasteiger partial charge >= 0.3 is 0 Å². The topological polar surface area (TPSA) is 61.4 Å². The maximum absolute atomic E-state index is 12.2. The van der Waals surface area contributed by atoms with Gasteiger partial charge in [-0.15, -0.1) is 24.8 Å². The highest BCUT2D eigenvalue weighted by Crippen LogP contribution is 2.24. The van der Waals surface area contributed by atoms with Crippen molar-refractivity contribution in [1.29, 1.82) is 0 Å². The van der Waals surface area contributed by atoms with E-state index in [1.54, 1.807) is 19.1 Å². The molecule has 2 rings (SSSR count). The van der Waals surface area contributed by atoms with Crippen molar-refractivity contribution in [2.75, 3.05) is 39.3 Å². The quantitative estimate of drug-likeness (QED) is 0.803. The molecule has 0 saturated carbocycles. The Kier molecular flexibility index (Phi) is 9.89. The van der Waals surface area contributed by atoms with Crippen LogP contribution in [0.4, 0.5) is 0 Å². The van der Waals surface area contributed by atoms with E-state index in [1.807, 2.05) is 0 Å². The monoisotopic (exact) mass is 389 g/mol. The SMILES string of the molecule is Cc1cccc(S(=O)(=O)NCCN2CCNCC2)c1Cl.Cl.Cl. The molecule has 22 heavy (non-hydrogen) atoms. The number of rotatable bonds is 5. The van der Waals surface area contributed by atoms with Crippen molar-refractivity contribution in [2.45, 2.75) is 11.8 Å². The van der Waals surface area contributed by atoms with Crippen LogP contribution in [0.5, 0.6) is 0 Å². The number of halogens is 3. The van der Waals surface area contributed by atoms with E-state index in [-0.39, 0.29) is 29.7 Å². The van der Waals surface area contributed by atoms with Crippen LogP contribution in [0, 0.1) is 6.92 Å². The van der Waals surface area contributed by atoms with Crippen molar-refractivity contribution >= 4 is 46.4 Å². The fourth-order valence-electron chi connectivity index (χ4n) is 2.18. The summed E-state index contributed by atoms with van der Waals surface area (Å²) < 4.78 is 27.1. The van der Waals surface area contributed by atoms with Crippen LogP contribution in [0.1, 0.15) is 5.56 Å². The summed E-state index contributed by atoms with van der Waals surface area (Å²) in [5, 5.41) is 3.56. The predicted octanol–water partition coefficient (Wildman–Crippen LogP) is 1.68. The predicted molar refractivity (Wildman–Crippen MR) is 95.2 cm³/mol. The molecule has 1 fully saturated rings. The standard InChI is InChI=1S/C13H20ClN3O2S.2ClH/c1-11-3-2-4-12(13(11)14)20(18,19)16-7-10-17-8-5-15-6-9-17;;/h2-4,15-16H,5-10H2,1H3;2*1H. The lowest BCUT2D eigenvalue weighted by Gasteiger charge is -2.27. The van der Waals surface area contributed by atoms with Crippen LogP contribution in [0.25, 0.3) is 0 Å². The molecule has 5 nitrogen and oxygen atoms in total. The van der Waals surface area contributed by atoms with Crippen LogP contribution in [-0.4, -0.2) is 52.6 Å². The number of hydrogen-bond donors (Lipinski definition) is 2. The lowest BCUT2D eigenvalue weighted by molar-refractivity contribution is 0.245. The minimum atomic E-state index is -3.54. The molecule has 1 aromatic rings. The number of sulfonamides is 1. The van der Waals surface area contributed by atoms with E-state index < -0.39 is 10.0 Å². The lowest BCUT2D eigenvalue weighted by atomic mass is 10.2. The first kappa shape index (κ1) is 21.9. The largest absolute Gasteiger partial charge is 0.314 e. The van der Waals surface area contributed by atoms with Crippen LogP contribution < -0.4 is 10.0 Å². The summed E-state index contributed by atoms with van der Waals surface area (Å²) >= 11 is 6.07. The number of piperazine rings is 1. The van der Waals surface area contributed by atoms with E-state index in [0.717, 1.165) is 31.7 Å². The molecule has 128 valence electrons. The fourth-order valence-corrected chi connectivity index (χ4v) is 3.78. The van der Waals surface area contributed by atoms with E-state index in [9.17, 15) is 8.42 Å². The van der Waals surface area contributed by atoms with Crippen molar-refractivity contribution in [2.24, 2.45) is 0 Å². The van der Waals surface area contributed by atoms with Gasteiger partial charge in [-0.3, -0.25) is 4.90 Å². The summed E-state index contributed by atoms with van der Waals surface area (Å²) in [7, 11) is -3.54. The molecule has 2 N–H and O–H groups in total. The van der Waals surface area contributed by atoms with E-state index in [4.69, 9.17) is 11.6 Å². The summed E-state index contributed by atoms with van der Waals surface area (Å²) in [6.45, 7) is 6.71. The highest BCUT2D eigenvalue weighted by atomic mass is 35.5. The van der Waals surface area contributed by atoms with E-state index in [1.165, 1.54) is 6.07 Å². The fraction of sp³-hybridized carbons (Fsp3) is 0.538. The summed E-state index contributed by atoms with van der Waals surface area (Å²) in [4.78, 5) is 2.39. The molecule has 1 saturated heterocycles. The molecule has 0 atom stereocenters. The van der Waals surface area contributed by atoms with Crippen molar-refractivity contribution in [3.63, 3.8) is 0 Å². The van der Waals surface area contributed by atoms with Gasteiger partial charge in [-0.05, 0) is 18.6 Å². The Hall–Kier alpha value is -0.0800. The molecular weight excluding hydrogens is 369 g/mol. The van der Waals surface area contributed by atoms with Gasteiger partial charge in [0.05, 0.1) is 5.02 Å². The number of nitrogens with zero attached hydrogens (tertiary/aromatic N) is 1. The molecule has 1 aliphatic heterocycles. The highest BCUT2D eigenvalue weighted by molar-refractivity contribution is 7.89. The van der Waals surface area contributed by atoms with Crippen molar-refractivity contribution in [3.05, 3.63) is 28.8 Å². The van der Waals surface area contributed by atoms with Gasteiger partial charge < -0.3 is 5.32 Å². The van der Waals surface area contributed by atoms with Crippen molar-refractivity contribution < 1.29 is 8.42 Å². The third-order valence-corrected chi connectivity index (χ3v) is 5.49. The van der Waals surface area contributed by atoms with Crippen LogP contribution in [0.15, 0.2) is 23.1 Å². The third kappa shape index (κ3) is 5.85. The Bertz CT molecular complexity index is 564. The molecule has 0 radical (unpaired) electrons. The number of benzene rings is 1. The number of aryl methyl sites for hydroxylation is 1. The van der Waals surface area contributed by atoms with Gasteiger partial charge in [-0.25, -0.2) is 13.1 Å². The van der Waals surface area contributed by atoms with Gasteiger partial charge in [0.15, 0.2) is 0 Å². The Morgan fingerprint density at radius 1 is 1.27 bits per heavy atom. The van der Waals surface area contributed by atoms with Crippen molar-refractivity contribution in [1.82, 2.24) is 14.9 Å². The van der Waals surface area contributed by atoms with Crippen LogP contribution in [0.3, 0.4) is 0 Å². The van der Waals surface area contributed by atoms with Gasteiger partial charge in [0, 0.05) is 39.3 Å². The zero-order valence-corrected chi connectivity index (χ0v) is 15.5.